The highest BCUT2D eigenvalue weighted by Gasteiger charge is 2.19. The van der Waals surface area contributed by atoms with Crippen LogP contribution in [0.1, 0.15) is 36.1 Å². The summed E-state index contributed by atoms with van der Waals surface area (Å²) in [5.74, 6) is 0. The predicted molar refractivity (Wildman–Crippen MR) is 66.7 cm³/mol. The first-order valence-electron chi connectivity index (χ1n) is 6.09. The maximum Gasteiger partial charge on any atom is 0.0951 e. The first-order chi connectivity index (χ1) is 7.66. The molecule has 1 aliphatic heterocycles. The Bertz CT molecular complexity index is 362. The van der Waals surface area contributed by atoms with Gasteiger partial charge in [-0.3, -0.25) is 0 Å². The van der Waals surface area contributed by atoms with Gasteiger partial charge in [0.25, 0.3) is 0 Å². The van der Waals surface area contributed by atoms with Crippen molar-refractivity contribution < 1.29 is 4.74 Å². The van der Waals surface area contributed by atoms with E-state index in [1.54, 1.807) is 0 Å². The van der Waals surface area contributed by atoms with Gasteiger partial charge in [-0.15, -0.1) is 0 Å². The van der Waals surface area contributed by atoms with Crippen molar-refractivity contribution in [3.63, 3.8) is 0 Å². The summed E-state index contributed by atoms with van der Waals surface area (Å²) in [6, 6.07) is 7.15. The first-order valence-corrected chi connectivity index (χ1v) is 6.09. The molecule has 1 N–H and O–H groups in total. The van der Waals surface area contributed by atoms with Gasteiger partial charge in [-0.25, -0.2) is 0 Å². The minimum Gasteiger partial charge on any atom is -0.372 e. The molecule has 2 atom stereocenters. The van der Waals surface area contributed by atoms with Crippen LogP contribution in [0.25, 0.3) is 0 Å². The van der Waals surface area contributed by atoms with E-state index in [1.807, 2.05) is 0 Å². The van der Waals surface area contributed by atoms with Crippen molar-refractivity contribution in [1.29, 1.82) is 0 Å². The molecule has 1 heterocycles. The van der Waals surface area contributed by atoms with Gasteiger partial charge in [0.15, 0.2) is 0 Å². The summed E-state index contributed by atoms with van der Waals surface area (Å²) in [5, 5.41) is 3.51. The quantitative estimate of drug-likeness (QED) is 0.784. The lowest BCUT2D eigenvalue weighted by molar-refractivity contribution is 0.0660. The van der Waals surface area contributed by atoms with Gasteiger partial charge in [0.05, 0.1) is 6.10 Å². The van der Waals surface area contributed by atoms with Gasteiger partial charge in [-0.1, -0.05) is 23.8 Å². The zero-order chi connectivity index (χ0) is 11.5. The third kappa shape index (κ3) is 2.63. The molecule has 2 nitrogen and oxygen atoms in total. The van der Waals surface area contributed by atoms with E-state index in [4.69, 9.17) is 4.74 Å². The second kappa shape index (κ2) is 4.98. The topological polar surface area (TPSA) is 21.3 Å². The van der Waals surface area contributed by atoms with Gasteiger partial charge in [-0.05, 0) is 38.3 Å². The summed E-state index contributed by atoms with van der Waals surface area (Å²) in [7, 11) is 0. The maximum atomic E-state index is 5.93. The van der Waals surface area contributed by atoms with Crippen molar-refractivity contribution in [2.75, 3.05) is 13.2 Å². The summed E-state index contributed by atoms with van der Waals surface area (Å²) >= 11 is 0. The molecule has 88 valence electrons. The van der Waals surface area contributed by atoms with E-state index >= 15 is 0 Å². The van der Waals surface area contributed by atoms with E-state index in [9.17, 15) is 0 Å². The molecule has 0 amide bonds. The maximum absolute atomic E-state index is 5.93. The molecule has 1 aromatic rings. The zero-order valence-corrected chi connectivity index (χ0v) is 10.4. The average Bonchev–Trinajstić information content (AvgIpc) is 2.47. The second-order valence-corrected chi connectivity index (χ2v) is 4.82. The molecular formula is C14H21NO. The van der Waals surface area contributed by atoms with E-state index < -0.39 is 0 Å². The molecule has 0 aromatic heterocycles. The fourth-order valence-electron chi connectivity index (χ4n) is 2.16. The number of hydrogen-bond acceptors (Lipinski definition) is 2. The van der Waals surface area contributed by atoms with Gasteiger partial charge in [0.2, 0.25) is 0 Å². The van der Waals surface area contributed by atoms with Crippen molar-refractivity contribution >= 4 is 0 Å². The van der Waals surface area contributed by atoms with E-state index in [0.29, 0.717) is 6.04 Å². The number of aryl methyl sites for hydroxylation is 2. The Morgan fingerprint density at radius 3 is 2.94 bits per heavy atom. The Kier molecular flexibility index (Phi) is 3.62. The Morgan fingerprint density at radius 2 is 2.12 bits per heavy atom. The number of ether oxygens (including phenoxy) is 1. The molecule has 1 aliphatic rings. The van der Waals surface area contributed by atoms with Gasteiger partial charge in [0.1, 0.15) is 0 Å². The lowest BCUT2D eigenvalue weighted by atomic mass is 10.0. The van der Waals surface area contributed by atoms with Crippen molar-refractivity contribution in [3.05, 3.63) is 34.9 Å². The van der Waals surface area contributed by atoms with Crippen LogP contribution in [0.2, 0.25) is 0 Å². The molecule has 2 rings (SSSR count). The molecule has 0 aliphatic carbocycles. The Morgan fingerprint density at radius 1 is 1.31 bits per heavy atom. The van der Waals surface area contributed by atoms with Gasteiger partial charge >= 0.3 is 0 Å². The molecule has 1 saturated heterocycles. The number of benzene rings is 1. The lowest BCUT2D eigenvalue weighted by Gasteiger charge is -2.18. The van der Waals surface area contributed by atoms with Crippen LogP contribution in [0.4, 0.5) is 0 Å². The van der Waals surface area contributed by atoms with Crippen LogP contribution in [0.5, 0.6) is 0 Å². The SMILES string of the molecule is Cc1ccc(C)c(C2CNC(C)CCO2)c1. The first kappa shape index (κ1) is 11.6. The molecule has 0 bridgehead atoms. The molecule has 2 unspecified atom stereocenters. The van der Waals surface area contributed by atoms with Crippen LogP contribution in [0, 0.1) is 13.8 Å². The molecule has 0 saturated carbocycles. The highest BCUT2D eigenvalue weighted by atomic mass is 16.5. The van der Waals surface area contributed by atoms with Crippen LogP contribution in [0.15, 0.2) is 18.2 Å². The van der Waals surface area contributed by atoms with E-state index in [0.717, 1.165) is 19.6 Å². The van der Waals surface area contributed by atoms with Crippen molar-refractivity contribution in [3.8, 4) is 0 Å². The molecule has 0 spiro atoms. The monoisotopic (exact) mass is 219 g/mol. The predicted octanol–water partition coefficient (Wildman–Crippen LogP) is 2.74. The van der Waals surface area contributed by atoms with E-state index in [2.05, 4.69) is 44.3 Å². The highest BCUT2D eigenvalue weighted by Crippen LogP contribution is 2.24. The van der Waals surface area contributed by atoms with Crippen LogP contribution in [-0.2, 0) is 4.74 Å². The van der Waals surface area contributed by atoms with Gasteiger partial charge < -0.3 is 10.1 Å². The molecule has 16 heavy (non-hydrogen) atoms. The largest absolute Gasteiger partial charge is 0.372 e. The smallest absolute Gasteiger partial charge is 0.0951 e. The fourth-order valence-corrected chi connectivity index (χ4v) is 2.16. The molecule has 1 aromatic carbocycles. The van der Waals surface area contributed by atoms with Crippen molar-refractivity contribution in [2.45, 2.75) is 39.3 Å². The van der Waals surface area contributed by atoms with E-state index in [1.165, 1.54) is 16.7 Å². The molecule has 0 radical (unpaired) electrons. The Balaban J connectivity index is 2.19. The normalized spacial score (nSPS) is 26.4. The van der Waals surface area contributed by atoms with E-state index in [-0.39, 0.29) is 6.10 Å². The zero-order valence-electron chi connectivity index (χ0n) is 10.4. The lowest BCUT2D eigenvalue weighted by Crippen LogP contribution is -2.27. The summed E-state index contributed by atoms with van der Waals surface area (Å²) in [6.07, 6.45) is 1.31. The molecule has 2 heteroatoms. The van der Waals surface area contributed by atoms with Gasteiger partial charge in [-0.2, -0.15) is 0 Å². The van der Waals surface area contributed by atoms with Crippen LogP contribution >= 0.6 is 0 Å². The van der Waals surface area contributed by atoms with Crippen molar-refractivity contribution in [2.24, 2.45) is 0 Å². The summed E-state index contributed by atoms with van der Waals surface area (Å²) in [4.78, 5) is 0. The number of nitrogens with one attached hydrogen (secondary N) is 1. The minimum atomic E-state index is 0.213. The Labute approximate surface area is 98.0 Å². The van der Waals surface area contributed by atoms with Crippen LogP contribution in [0.3, 0.4) is 0 Å². The Hall–Kier alpha value is -0.860. The summed E-state index contributed by atoms with van der Waals surface area (Å²) in [6.45, 7) is 8.29. The fraction of sp³-hybridized carbons (Fsp3) is 0.571. The molecule has 1 fully saturated rings. The standard InChI is InChI=1S/C14H21NO/c1-10-4-5-11(2)13(8-10)14-9-15-12(3)6-7-16-14/h4-5,8,12,14-15H,6-7,9H2,1-3H3. The molecular weight excluding hydrogens is 198 g/mol. The van der Waals surface area contributed by atoms with Gasteiger partial charge in [0, 0.05) is 19.2 Å². The third-order valence-corrected chi connectivity index (χ3v) is 3.30. The third-order valence-electron chi connectivity index (χ3n) is 3.30. The average molecular weight is 219 g/mol. The summed E-state index contributed by atoms with van der Waals surface area (Å²) < 4.78 is 5.93. The number of rotatable bonds is 1. The summed E-state index contributed by atoms with van der Waals surface area (Å²) in [5.41, 5.74) is 3.97. The minimum absolute atomic E-state index is 0.213. The van der Waals surface area contributed by atoms with Crippen molar-refractivity contribution in [1.82, 2.24) is 5.32 Å². The van der Waals surface area contributed by atoms with Crippen LogP contribution < -0.4 is 5.32 Å². The second-order valence-electron chi connectivity index (χ2n) is 4.82. The number of hydrogen-bond donors (Lipinski definition) is 1. The van der Waals surface area contributed by atoms with Crippen LogP contribution in [-0.4, -0.2) is 19.2 Å². The highest BCUT2D eigenvalue weighted by molar-refractivity contribution is 5.32.